The summed E-state index contributed by atoms with van der Waals surface area (Å²) < 4.78 is 0. The number of halogens is 1. The second-order valence-electron chi connectivity index (χ2n) is 6.00. The molecule has 0 bridgehead atoms. The van der Waals surface area contributed by atoms with Crippen LogP contribution < -0.4 is 5.73 Å². The molecule has 0 aromatic heterocycles. The highest BCUT2D eigenvalue weighted by Crippen LogP contribution is 2.27. The Hall–Kier alpha value is -1.06. The van der Waals surface area contributed by atoms with E-state index in [9.17, 15) is 4.79 Å². The topological polar surface area (TPSA) is 46.3 Å². The lowest BCUT2D eigenvalue weighted by Crippen LogP contribution is -2.38. The Morgan fingerprint density at radius 2 is 1.90 bits per heavy atom. The Kier molecular flexibility index (Phi) is 7.20. The van der Waals surface area contributed by atoms with E-state index in [-0.39, 0.29) is 30.4 Å². The fourth-order valence-electron chi connectivity index (χ4n) is 3.03. The summed E-state index contributed by atoms with van der Waals surface area (Å²) >= 11 is 0. The normalized spacial score (nSPS) is 23.0. The van der Waals surface area contributed by atoms with E-state index >= 15 is 0 Å². The summed E-state index contributed by atoms with van der Waals surface area (Å²) in [5, 5.41) is 0. The van der Waals surface area contributed by atoms with Gasteiger partial charge in [0, 0.05) is 19.5 Å². The lowest BCUT2D eigenvalue weighted by Gasteiger charge is -2.31. The van der Waals surface area contributed by atoms with Crippen LogP contribution in [0.25, 0.3) is 0 Å². The summed E-state index contributed by atoms with van der Waals surface area (Å²) in [6, 6.07) is 10.5. The van der Waals surface area contributed by atoms with Gasteiger partial charge >= 0.3 is 0 Å². The maximum atomic E-state index is 12.4. The van der Waals surface area contributed by atoms with Crippen molar-refractivity contribution < 1.29 is 4.79 Å². The van der Waals surface area contributed by atoms with E-state index in [0.717, 1.165) is 12.8 Å². The zero-order chi connectivity index (χ0) is 14.5. The third kappa shape index (κ3) is 4.72. The molecule has 0 spiro atoms. The third-order valence-corrected chi connectivity index (χ3v) is 4.66. The van der Waals surface area contributed by atoms with Gasteiger partial charge < -0.3 is 10.6 Å². The van der Waals surface area contributed by atoms with Crippen LogP contribution in [-0.2, 0) is 4.79 Å². The van der Waals surface area contributed by atoms with Crippen LogP contribution in [0, 0.1) is 5.92 Å². The SMILES string of the molecule is CC(c1ccccc1)N(C)C(=O)CC1CCCCC1N.Cl. The van der Waals surface area contributed by atoms with Crippen LogP contribution in [0.1, 0.15) is 50.6 Å². The van der Waals surface area contributed by atoms with E-state index in [4.69, 9.17) is 5.73 Å². The lowest BCUT2D eigenvalue weighted by molar-refractivity contribution is -0.133. The Morgan fingerprint density at radius 3 is 2.52 bits per heavy atom. The highest BCUT2D eigenvalue weighted by Gasteiger charge is 2.26. The molecule has 1 aliphatic carbocycles. The molecule has 0 aliphatic heterocycles. The molecule has 2 rings (SSSR count). The Labute approximate surface area is 134 Å². The van der Waals surface area contributed by atoms with Crippen molar-refractivity contribution in [3.8, 4) is 0 Å². The van der Waals surface area contributed by atoms with Gasteiger partial charge in [0.15, 0.2) is 0 Å². The molecule has 1 aromatic carbocycles. The van der Waals surface area contributed by atoms with Crippen LogP contribution in [0.2, 0.25) is 0 Å². The molecule has 1 amide bonds. The van der Waals surface area contributed by atoms with Crippen molar-refractivity contribution in [2.75, 3.05) is 7.05 Å². The largest absolute Gasteiger partial charge is 0.339 e. The summed E-state index contributed by atoms with van der Waals surface area (Å²) in [4.78, 5) is 14.3. The van der Waals surface area contributed by atoms with Gasteiger partial charge in [-0.25, -0.2) is 0 Å². The monoisotopic (exact) mass is 310 g/mol. The van der Waals surface area contributed by atoms with Crippen molar-refractivity contribution in [2.45, 2.75) is 51.1 Å². The van der Waals surface area contributed by atoms with Gasteiger partial charge in [-0.05, 0) is 31.2 Å². The minimum atomic E-state index is 0. The quantitative estimate of drug-likeness (QED) is 0.924. The van der Waals surface area contributed by atoms with Gasteiger partial charge in [0.25, 0.3) is 0 Å². The summed E-state index contributed by atoms with van der Waals surface area (Å²) in [5.74, 6) is 0.574. The first-order chi connectivity index (χ1) is 9.59. The van der Waals surface area contributed by atoms with Crippen molar-refractivity contribution in [1.29, 1.82) is 0 Å². The van der Waals surface area contributed by atoms with Crippen LogP contribution in [0.4, 0.5) is 0 Å². The standard InChI is InChI=1S/C17H26N2O.ClH/c1-13(14-8-4-3-5-9-14)19(2)17(20)12-15-10-6-7-11-16(15)18;/h3-5,8-9,13,15-16H,6-7,10-12,18H2,1-2H3;1H. The molecular weight excluding hydrogens is 284 g/mol. The molecule has 1 aromatic rings. The van der Waals surface area contributed by atoms with E-state index in [2.05, 4.69) is 19.1 Å². The second kappa shape index (κ2) is 8.40. The number of amides is 1. The van der Waals surface area contributed by atoms with Crippen molar-refractivity contribution in [1.82, 2.24) is 4.90 Å². The van der Waals surface area contributed by atoms with Gasteiger partial charge in [0.1, 0.15) is 0 Å². The minimum Gasteiger partial charge on any atom is -0.339 e. The first kappa shape index (κ1) is 18.0. The van der Waals surface area contributed by atoms with Gasteiger partial charge in [-0.3, -0.25) is 4.79 Å². The predicted molar refractivity (Wildman–Crippen MR) is 89.4 cm³/mol. The fourth-order valence-corrected chi connectivity index (χ4v) is 3.03. The highest BCUT2D eigenvalue weighted by atomic mass is 35.5. The zero-order valence-electron chi connectivity index (χ0n) is 13.0. The fraction of sp³-hybridized carbons (Fsp3) is 0.588. The first-order valence-corrected chi connectivity index (χ1v) is 7.65. The molecule has 0 saturated heterocycles. The molecule has 1 aliphatic rings. The molecule has 4 heteroatoms. The van der Waals surface area contributed by atoms with Gasteiger partial charge in [-0.1, -0.05) is 43.2 Å². The molecule has 3 unspecified atom stereocenters. The maximum Gasteiger partial charge on any atom is 0.223 e. The predicted octanol–water partition coefficient (Wildman–Crippen LogP) is 3.54. The van der Waals surface area contributed by atoms with Gasteiger partial charge in [0.2, 0.25) is 5.91 Å². The number of rotatable bonds is 4. The van der Waals surface area contributed by atoms with Crippen molar-refractivity contribution in [2.24, 2.45) is 11.7 Å². The van der Waals surface area contributed by atoms with Gasteiger partial charge in [-0.15, -0.1) is 12.4 Å². The van der Waals surface area contributed by atoms with Crippen molar-refractivity contribution >= 4 is 18.3 Å². The number of hydrogen-bond acceptors (Lipinski definition) is 2. The highest BCUT2D eigenvalue weighted by molar-refractivity contribution is 5.85. The molecule has 0 radical (unpaired) electrons. The Bertz CT molecular complexity index is 438. The minimum absolute atomic E-state index is 0. The number of nitrogens with two attached hydrogens (primary N) is 1. The van der Waals surface area contributed by atoms with Gasteiger partial charge in [0.05, 0.1) is 6.04 Å². The number of hydrogen-bond donors (Lipinski definition) is 1. The number of carbonyl (C=O) groups excluding carboxylic acids is 1. The van der Waals surface area contributed by atoms with Gasteiger partial charge in [-0.2, -0.15) is 0 Å². The van der Waals surface area contributed by atoms with Crippen molar-refractivity contribution in [3.63, 3.8) is 0 Å². The lowest BCUT2D eigenvalue weighted by atomic mass is 9.82. The zero-order valence-corrected chi connectivity index (χ0v) is 13.8. The summed E-state index contributed by atoms with van der Waals surface area (Å²) in [5.41, 5.74) is 7.32. The number of benzene rings is 1. The van der Waals surface area contributed by atoms with E-state index < -0.39 is 0 Å². The average Bonchev–Trinajstić information content (AvgIpc) is 2.49. The van der Waals surface area contributed by atoms with Crippen LogP contribution in [0.3, 0.4) is 0 Å². The smallest absolute Gasteiger partial charge is 0.223 e. The third-order valence-electron chi connectivity index (χ3n) is 4.66. The molecule has 3 atom stereocenters. The van der Waals surface area contributed by atoms with E-state index in [0.29, 0.717) is 12.3 Å². The van der Waals surface area contributed by atoms with E-state index in [1.807, 2.05) is 30.1 Å². The molecule has 2 N–H and O–H groups in total. The Morgan fingerprint density at radius 1 is 1.29 bits per heavy atom. The van der Waals surface area contributed by atoms with Crippen LogP contribution in [0.5, 0.6) is 0 Å². The summed E-state index contributed by atoms with van der Waals surface area (Å²) in [6.07, 6.45) is 5.18. The Balaban J connectivity index is 0.00000220. The van der Waals surface area contributed by atoms with Crippen LogP contribution in [0.15, 0.2) is 30.3 Å². The molecule has 3 nitrogen and oxygen atoms in total. The molecule has 21 heavy (non-hydrogen) atoms. The molecule has 1 saturated carbocycles. The maximum absolute atomic E-state index is 12.4. The van der Waals surface area contributed by atoms with Crippen molar-refractivity contribution in [3.05, 3.63) is 35.9 Å². The number of carbonyl (C=O) groups is 1. The second-order valence-corrected chi connectivity index (χ2v) is 6.00. The van der Waals surface area contributed by atoms with Crippen LogP contribution in [-0.4, -0.2) is 23.9 Å². The molecule has 1 fully saturated rings. The average molecular weight is 311 g/mol. The van der Waals surface area contributed by atoms with E-state index in [1.54, 1.807) is 0 Å². The molecule has 118 valence electrons. The summed E-state index contributed by atoms with van der Waals surface area (Å²) in [7, 11) is 1.90. The first-order valence-electron chi connectivity index (χ1n) is 7.65. The molecule has 0 heterocycles. The van der Waals surface area contributed by atoms with E-state index in [1.165, 1.54) is 18.4 Å². The van der Waals surface area contributed by atoms with Crippen LogP contribution >= 0.6 is 12.4 Å². The number of nitrogens with zero attached hydrogens (tertiary/aromatic N) is 1. The molecular formula is C17H27ClN2O. The summed E-state index contributed by atoms with van der Waals surface area (Å²) in [6.45, 7) is 2.08.